The zero-order chi connectivity index (χ0) is 14.3. The summed E-state index contributed by atoms with van der Waals surface area (Å²) in [5.74, 6) is 1.26. The number of carbonyl (C=O) groups excluding carboxylic acids is 1. The molecule has 1 aliphatic rings. The minimum absolute atomic E-state index is 0.0709. The first-order chi connectivity index (χ1) is 9.54. The zero-order valence-electron chi connectivity index (χ0n) is 12.1. The van der Waals surface area contributed by atoms with E-state index in [9.17, 15) is 4.79 Å². The smallest absolute Gasteiger partial charge is 0.195 e. The summed E-state index contributed by atoms with van der Waals surface area (Å²) >= 11 is 0. The number of Topliss-reactive ketones (excluding diaryl/α,β-unsaturated/α-hetero) is 1. The number of anilines is 1. The molecule has 1 saturated heterocycles. The Morgan fingerprint density at radius 1 is 1.45 bits per heavy atom. The molecule has 5 nitrogen and oxygen atoms in total. The number of carbonyl (C=O) groups is 1. The Morgan fingerprint density at radius 3 is 2.90 bits per heavy atom. The van der Waals surface area contributed by atoms with Gasteiger partial charge >= 0.3 is 0 Å². The first-order valence-corrected chi connectivity index (χ1v) is 6.87. The van der Waals surface area contributed by atoms with Gasteiger partial charge in [-0.15, -0.1) is 0 Å². The molecule has 106 valence electrons. The molecule has 1 atom stereocenters. The van der Waals surface area contributed by atoms with Gasteiger partial charge in [-0.1, -0.05) is 0 Å². The van der Waals surface area contributed by atoms with E-state index >= 15 is 0 Å². The summed E-state index contributed by atoms with van der Waals surface area (Å²) in [5.41, 5.74) is 1.42. The van der Waals surface area contributed by atoms with Gasteiger partial charge in [0.2, 0.25) is 0 Å². The highest BCUT2D eigenvalue weighted by molar-refractivity contribution is 5.95. The molecule has 0 aliphatic carbocycles. The molecular formula is C15H19N3O2. The molecule has 0 spiro atoms. The van der Waals surface area contributed by atoms with Gasteiger partial charge in [-0.2, -0.15) is 0 Å². The lowest BCUT2D eigenvalue weighted by Gasteiger charge is -2.20. The summed E-state index contributed by atoms with van der Waals surface area (Å²) in [6, 6.07) is 6.16. The molecular weight excluding hydrogens is 254 g/mol. The van der Waals surface area contributed by atoms with Crippen molar-refractivity contribution in [3.63, 3.8) is 0 Å². The van der Waals surface area contributed by atoms with Crippen LogP contribution in [0.4, 0.5) is 5.82 Å². The summed E-state index contributed by atoms with van der Waals surface area (Å²) in [4.78, 5) is 20.5. The topological polar surface area (TPSA) is 49.6 Å². The van der Waals surface area contributed by atoms with Crippen LogP contribution in [0.2, 0.25) is 0 Å². The van der Waals surface area contributed by atoms with Gasteiger partial charge in [0.1, 0.15) is 11.3 Å². The predicted molar refractivity (Wildman–Crippen MR) is 78.3 cm³/mol. The van der Waals surface area contributed by atoms with Gasteiger partial charge in [-0.25, -0.2) is 4.98 Å². The van der Waals surface area contributed by atoms with Gasteiger partial charge < -0.3 is 14.2 Å². The third-order valence-corrected chi connectivity index (χ3v) is 3.92. The molecule has 1 aliphatic heterocycles. The molecule has 0 radical (unpaired) electrons. The van der Waals surface area contributed by atoms with Gasteiger partial charge in [0.05, 0.1) is 0 Å². The van der Waals surface area contributed by atoms with Crippen LogP contribution >= 0.6 is 0 Å². The number of hydrogen-bond donors (Lipinski definition) is 0. The summed E-state index contributed by atoms with van der Waals surface area (Å²) in [6.45, 7) is 3.50. The van der Waals surface area contributed by atoms with Crippen molar-refractivity contribution in [1.82, 2.24) is 9.88 Å². The standard InChI is InChI=1S/C15H19N3O2/c1-10(19)14-8-12-13(20-14)4-5-15(16-12)18-7-6-11(9-18)17(2)3/h4-5,8,11H,6-7,9H2,1-3H3/t11-/m1/s1. The Morgan fingerprint density at radius 2 is 2.25 bits per heavy atom. The average Bonchev–Trinajstić information content (AvgIpc) is 3.04. The largest absolute Gasteiger partial charge is 0.451 e. The van der Waals surface area contributed by atoms with Crippen LogP contribution in [0.25, 0.3) is 11.1 Å². The molecule has 0 bridgehead atoms. The molecule has 0 saturated carbocycles. The van der Waals surface area contributed by atoms with E-state index in [1.165, 1.54) is 6.92 Å². The first-order valence-electron chi connectivity index (χ1n) is 6.87. The van der Waals surface area contributed by atoms with Crippen molar-refractivity contribution >= 4 is 22.7 Å². The molecule has 2 aromatic heterocycles. The van der Waals surface area contributed by atoms with Crippen LogP contribution in [-0.4, -0.2) is 48.9 Å². The number of aromatic nitrogens is 1. The third kappa shape index (κ3) is 2.29. The summed E-state index contributed by atoms with van der Waals surface area (Å²) < 4.78 is 5.47. The number of pyridine rings is 1. The molecule has 1 fully saturated rings. The lowest BCUT2D eigenvalue weighted by atomic mass is 10.2. The second kappa shape index (κ2) is 4.90. The number of rotatable bonds is 3. The second-order valence-electron chi connectivity index (χ2n) is 5.57. The number of likely N-dealkylation sites (N-methyl/N-ethyl adjacent to an activating group) is 1. The highest BCUT2D eigenvalue weighted by Gasteiger charge is 2.25. The van der Waals surface area contributed by atoms with E-state index in [-0.39, 0.29) is 5.78 Å². The van der Waals surface area contributed by atoms with Crippen molar-refractivity contribution in [2.75, 3.05) is 32.1 Å². The van der Waals surface area contributed by atoms with E-state index in [2.05, 4.69) is 28.9 Å². The van der Waals surface area contributed by atoms with Crippen LogP contribution in [0, 0.1) is 0 Å². The maximum Gasteiger partial charge on any atom is 0.195 e. The van der Waals surface area contributed by atoms with Crippen LogP contribution in [0.15, 0.2) is 22.6 Å². The van der Waals surface area contributed by atoms with Crippen LogP contribution in [-0.2, 0) is 0 Å². The van der Waals surface area contributed by atoms with Crippen molar-refractivity contribution in [3.8, 4) is 0 Å². The van der Waals surface area contributed by atoms with Crippen LogP contribution in [0.1, 0.15) is 23.9 Å². The van der Waals surface area contributed by atoms with Crippen molar-refractivity contribution < 1.29 is 9.21 Å². The fourth-order valence-electron chi connectivity index (χ4n) is 2.63. The Labute approximate surface area is 118 Å². The second-order valence-corrected chi connectivity index (χ2v) is 5.57. The molecule has 0 aromatic carbocycles. The van der Waals surface area contributed by atoms with Gasteiger partial charge in [0.25, 0.3) is 0 Å². The number of hydrogen-bond acceptors (Lipinski definition) is 5. The number of furan rings is 1. The van der Waals surface area contributed by atoms with Gasteiger partial charge in [-0.3, -0.25) is 4.79 Å². The summed E-state index contributed by atoms with van der Waals surface area (Å²) in [6.07, 6.45) is 1.15. The maximum absolute atomic E-state index is 11.3. The Balaban J connectivity index is 1.88. The van der Waals surface area contributed by atoms with Gasteiger partial charge in [-0.05, 0) is 32.6 Å². The maximum atomic E-state index is 11.3. The van der Waals surface area contributed by atoms with Crippen molar-refractivity contribution in [3.05, 3.63) is 24.0 Å². The molecule has 5 heteroatoms. The molecule has 20 heavy (non-hydrogen) atoms. The fraction of sp³-hybridized carbons (Fsp3) is 0.467. The SMILES string of the molecule is CC(=O)c1cc2nc(N3CC[C@@H](N(C)C)C3)ccc2o1. The molecule has 2 aromatic rings. The summed E-state index contributed by atoms with van der Waals surface area (Å²) in [5, 5.41) is 0. The van der Waals surface area contributed by atoms with Crippen molar-refractivity contribution in [1.29, 1.82) is 0 Å². The van der Waals surface area contributed by atoms with Crippen LogP contribution in [0.5, 0.6) is 0 Å². The average molecular weight is 273 g/mol. The quantitative estimate of drug-likeness (QED) is 0.802. The number of nitrogens with zero attached hydrogens (tertiary/aromatic N) is 3. The minimum atomic E-state index is -0.0709. The van der Waals surface area contributed by atoms with E-state index in [1.54, 1.807) is 6.07 Å². The summed E-state index contributed by atoms with van der Waals surface area (Å²) in [7, 11) is 4.22. The number of fused-ring (bicyclic) bond motifs is 1. The molecule has 0 unspecified atom stereocenters. The molecule has 0 amide bonds. The van der Waals surface area contributed by atoms with E-state index < -0.39 is 0 Å². The number of ketones is 1. The highest BCUT2D eigenvalue weighted by Crippen LogP contribution is 2.25. The minimum Gasteiger partial charge on any atom is -0.451 e. The first kappa shape index (κ1) is 13.1. The normalized spacial score (nSPS) is 19.2. The Hall–Kier alpha value is -1.88. The van der Waals surface area contributed by atoms with Crippen molar-refractivity contribution in [2.45, 2.75) is 19.4 Å². The fourth-order valence-corrected chi connectivity index (χ4v) is 2.63. The Kier molecular flexibility index (Phi) is 3.22. The van der Waals surface area contributed by atoms with Crippen LogP contribution < -0.4 is 4.90 Å². The lowest BCUT2D eigenvalue weighted by Crippen LogP contribution is -2.31. The highest BCUT2D eigenvalue weighted by atomic mass is 16.3. The molecule has 3 heterocycles. The third-order valence-electron chi connectivity index (χ3n) is 3.92. The molecule has 3 rings (SSSR count). The lowest BCUT2D eigenvalue weighted by molar-refractivity contribution is 0.0989. The van der Waals surface area contributed by atoms with E-state index in [1.807, 2.05) is 12.1 Å². The van der Waals surface area contributed by atoms with E-state index in [0.717, 1.165) is 30.8 Å². The zero-order valence-corrected chi connectivity index (χ0v) is 12.1. The monoisotopic (exact) mass is 273 g/mol. The Bertz CT molecular complexity index is 648. The molecule has 0 N–H and O–H groups in total. The van der Waals surface area contributed by atoms with E-state index in [4.69, 9.17) is 4.42 Å². The van der Waals surface area contributed by atoms with Gasteiger partial charge in [0.15, 0.2) is 17.1 Å². The van der Waals surface area contributed by atoms with E-state index in [0.29, 0.717) is 17.4 Å². The van der Waals surface area contributed by atoms with Gasteiger partial charge in [0, 0.05) is 32.1 Å². The predicted octanol–water partition coefficient (Wildman–Crippen LogP) is 2.17. The van der Waals surface area contributed by atoms with Crippen molar-refractivity contribution in [2.24, 2.45) is 0 Å². The van der Waals surface area contributed by atoms with Crippen LogP contribution in [0.3, 0.4) is 0 Å².